The van der Waals surface area contributed by atoms with E-state index in [9.17, 15) is 0 Å². The van der Waals surface area contributed by atoms with Crippen molar-refractivity contribution in [3.63, 3.8) is 0 Å². The Bertz CT molecular complexity index is 1280. The Kier molecular flexibility index (Phi) is 5.10. The summed E-state index contributed by atoms with van der Waals surface area (Å²) >= 11 is 0. The predicted octanol–water partition coefficient (Wildman–Crippen LogP) is 4.42. The van der Waals surface area contributed by atoms with E-state index in [0.29, 0.717) is 29.0 Å². The van der Waals surface area contributed by atoms with Crippen LogP contribution in [-0.4, -0.2) is 41.7 Å². The number of fused-ring (bicyclic) bond motifs is 3. The first kappa shape index (κ1) is 19.9. The lowest BCUT2D eigenvalue weighted by Gasteiger charge is -2.14. The predicted molar refractivity (Wildman–Crippen MR) is 120 cm³/mol. The maximum atomic E-state index is 5.89. The van der Waals surface area contributed by atoms with Crippen LogP contribution in [0.1, 0.15) is 22.6 Å². The quantitative estimate of drug-likeness (QED) is 0.484. The van der Waals surface area contributed by atoms with E-state index in [4.69, 9.17) is 18.6 Å². The molecular formula is C24H22N4O4. The van der Waals surface area contributed by atoms with E-state index in [-0.39, 0.29) is 0 Å². The number of ether oxygens (including phenoxy) is 3. The minimum absolute atomic E-state index is 0.383. The molecule has 2 aromatic heterocycles. The van der Waals surface area contributed by atoms with Crippen molar-refractivity contribution < 1.29 is 18.6 Å². The summed E-state index contributed by atoms with van der Waals surface area (Å²) in [6.07, 6.45) is 5.42. The van der Waals surface area contributed by atoms with Gasteiger partial charge in [0.05, 0.1) is 27.0 Å². The molecule has 8 nitrogen and oxygen atoms in total. The van der Waals surface area contributed by atoms with E-state index in [1.54, 1.807) is 27.4 Å². The van der Waals surface area contributed by atoms with Gasteiger partial charge in [-0.05, 0) is 42.2 Å². The fraction of sp³-hybridized carbons (Fsp3) is 0.208. The first-order valence-corrected chi connectivity index (χ1v) is 10.2. The molecule has 0 radical (unpaired) electrons. The zero-order chi connectivity index (χ0) is 22.1. The van der Waals surface area contributed by atoms with Gasteiger partial charge in [0.25, 0.3) is 5.89 Å². The molecule has 8 heteroatoms. The summed E-state index contributed by atoms with van der Waals surface area (Å²) in [5.74, 6) is 2.48. The van der Waals surface area contributed by atoms with E-state index in [0.717, 1.165) is 40.9 Å². The molecule has 1 N–H and O–H groups in total. The molecule has 5 rings (SSSR count). The summed E-state index contributed by atoms with van der Waals surface area (Å²) in [5, 5.41) is 16.0. The second kappa shape index (κ2) is 8.22. The van der Waals surface area contributed by atoms with Crippen LogP contribution >= 0.6 is 0 Å². The summed E-state index contributed by atoms with van der Waals surface area (Å²) in [5.41, 5.74) is 6.13. The van der Waals surface area contributed by atoms with Crippen LogP contribution in [0, 0.1) is 0 Å². The topological polar surface area (TPSA) is 95.3 Å². The van der Waals surface area contributed by atoms with Gasteiger partial charge in [-0.25, -0.2) is 0 Å². The van der Waals surface area contributed by atoms with E-state index in [2.05, 4.69) is 38.6 Å². The van der Waals surface area contributed by atoms with Crippen LogP contribution in [0.3, 0.4) is 0 Å². The minimum atomic E-state index is 0.383. The SMILES string of the molecule is COc1cc(/C=C/c2nnc(-c3[nH]nc4c3CCc3ccccc3-4)o2)cc(OC)c1OC. The summed E-state index contributed by atoms with van der Waals surface area (Å²) in [4.78, 5) is 0. The van der Waals surface area contributed by atoms with Crippen LogP contribution in [0.15, 0.2) is 40.8 Å². The first-order chi connectivity index (χ1) is 15.7. The number of benzene rings is 2. The normalized spacial score (nSPS) is 12.5. The third-order valence-corrected chi connectivity index (χ3v) is 5.54. The van der Waals surface area contributed by atoms with Crippen molar-refractivity contribution in [1.82, 2.24) is 20.4 Å². The summed E-state index contributed by atoms with van der Waals surface area (Å²) in [6, 6.07) is 12.0. The van der Waals surface area contributed by atoms with Gasteiger partial charge in [0.1, 0.15) is 5.69 Å². The molecule has 0 atom stereocenters. The maximum absolute atomic E-state index is 5.89. The number of nitrogens with one attached hydrogen (secondary N) is 1. The minimum Gasteiger partial charge on any atom is -0.493 e. The molecule has 1 aliphatic carbocycles. The van der Waals surface area contributed by atoms with Crippen molar-refractivity contribution in [2.24, 2.45) is 0 Å². The van der Waals surface area contributed by atoms with E-state index in [1.807, 2.05) is 24.3 Å². The third kappa shape index (κ3) is 3.39. The molecule has 0 fully saturated rings. The number of methoxy groups -OCH3 is 3. The Balaban J connectivity index is 1.43. The van der Waals surface area contributed by atoms with Gasteiger partial charge in [-0.1, -0.05) is 24.3 Å². The zero-order valence-electron chi connectivity index (χ0n) is 18.0. The van der Waals surface area contributed by atoms with Gasteiger partial charge in [-0.3, -0.25) is 5.10 Å². The standard InChI is InChI=1S/C24H22N4O4/c1-29-18-12-14(13-19(30-2)23(18)31-3)8-11-20-25-28-24(32-20)22-17-10-9-15-6-4-5-7-16(15)21(17)26-27-22/h4-8,11-13H,9-10H2,1-3H3,(H,26,27)/b11-8+. The number of aryl methyl sites for hydroxylation is 1. The molecule has 0 saturated heterocycles. The third-order valence-electron chi connectivity index (χ3n) is 5.54. The highest BCUT2D eigenvalue weighted by molar-refractivity contribution is 5.75. The Morgan fingerprint density at radius 1 is 0.938 bits per heavy atom. The molecule has 0 bridgehead atoms. The average molecular weight is 430 g/mol. The van der Waals surface area contributed by atoms with Gasteiger partial charge in [-0.15, -0.1) is 10.2 Å². The molecule has 162 valence electrons. The lowest BCUT2D eigenvalue weighted by molar-refractivity contribution is 0.324. The number of hydrogen-bond acceptors (Lipinski definition) is 7. The van der Waals surface area contributed by atoms with Gasteiger partial charge >= 0.3 is 0 Å². The molecule has 1 aliphatic rings. The molecule has 4 aromatic rings. The Labute approximate surface area is 184 Å². The lowest BCUT2D eigenvalue weighted by atomic mass is 9.89. The average Bonchev–Trinajstić information content (AvgIpc) is 3.48. The van der Waals surface area contributed by atoms with Gasteiger partial charge < -0.3 is 18.6 Å². The molecular weight excluding hydrogens is 408 g/mol. The second-order valence-electron chi connectivity index (χ2n) is 7.32. The number of nitrogens with zero attached hydrogens (tertiary/aromatic N) is 3. The highest BCUT2D eigenvalue weighted by Gasteiger charge is 2.24. The smallest absolute Gasteiger partial charge is 0.266 e. The second-order valence-corrected chi connectivity index (χ2v) is 7.32. The fourth-order valence-corrected chi connectivity index (χ4v) is 4.01. The van der Waals surface area contributed by atoms with Crippen molar-refractivity contribution in [1.29, 1.82) is 0 Å². The summed E-state index contributed by atoms with van der Waals surface area (Å²) in [7, 11) is 4.74. The van der Waals surface area contributed by atoms with Gasteiger partial charge in [0, 0.05) is 17.2 Å². The number of hydrogen-bond donors (Lipinski definition) is 1. The van der Waals surface area contributed by atoms with Crippen molar-refractivity contribution in [3.05, 3.63) is 59.0 Å². The van der Waals surface area contributed by atoms with Crippen molar-refractivity contribution >= 4 is 12.2 Å². The molecule has 0 aliphatic heterocycles. The van der Waals surface area contributed by atoms with Gasteiger partial charge in [0.2, 0.25) is 11.6 Å². The molecule has 0 spiro atoms. The fourth-order valence-electron chi connectivity index (χ4n) is 4.01. The molecule has 0 amide bonds. The summed E-state index contributed by atoms with van der Waals surface area (Å²) in [6.45, 7) is 0. The Morgan fingerprint density at radius 2 is 1.72 bits per heavy atom. The van der Waals surface area contributed by atoms with Crippen LogP contribution in [0.5, 0.6) is 17.2 Å². The number of rotatable bonds is 6. The largest absolute Gasteiger partial charge is 0.493 e. The van der Waals surface area contributed by atoms with Crippen LogP contribution in [0.2, 0.25) is 0 Å². The number of H-pyrrole nitrogens is 1. The highest BCUT2D eigenvalue weighted by atomic mass is 16.5. The summed E-state index contributed by atoms with van der Waals surface area (Å²) < 4.78 is 22.1. The van der Waals surface area contributed by atoms with E-state index >= 15 is 0 Å². The number of aromatic nitrogens is 4. The molecule has 2 heterocycles. The van der Waals surface area contributed by atoms with Gasteiger partial charge in [0.15, 0.2) is 11.5 Å². The molecule has 0 saturated carbocycles. The van der Waals surface area contributed by atoms with E-state index in [1.165, 1.54) is 5.56 Å². The Morgan fingerprint density at radius 3 is 2.47 bits per heavy atom. The van der Waals surface area contributed by atoms with Crippen LogP contribution < -0.4 is 14.2 Å². The first-order valence-electron chi connectivity index (χ1n) is 10.2. The molecule has 0 unspecified atom stereocenters. The zero-order valence-corrected chi connectivity index (χ0v) is 18.0. The number of aromatic amines is 1. The molecule has 2 aromatic carbocycles. The van der Waals surface area contributed by atoms with Crippen molar-refractivity contribution in [2.75, 3.05) is 21.3 Å². The lowest BCUT2D eigenvalue weighted by Crippen LogP contribution is -2.03. The molecule has 32 heavy (non-hydrogen) atoms. The van der Waals surface area contributed by atoms with Gasteiger partial charge in [-0.2, -0.15) is 5.10 Å². The van der Waals surface area contributed by atoms with Crippen LogP contribution in [-0.2, 0) is 12.8 Å². The maximum Gasteiger partial charge on any atom is 0.266 e. The Hall–Kier alpha value is -4.07. The van der Waals surface area contributed by atoms with Crippen LogP contribution in [0.4, 0.5) is 0 Å². The van der Waals surface area contributed by atoms with Crippen LogP contribution in [0.25, 0.3) is 35.0 Å². The highest BCUT2D eigenvalue weighted by Crippen LogP contribution is 2.39. The monoisotopic (exact) mass is 430 g/mol. The van der Waals surface area contributed by atoms with E-state index < -0.39 is 0 Å². The van der Waals surface area contributed by atoms with Crippen molar-refractivity contribution in [3.8, 4) is 40.1 Å². The van der Waals surface area contributed by atoms with Crippen molar-refractivity contribution in [2.45, 2.75) is 12.8 Å².